The number of likely N-dealkylation sites (tertiary alicyclic amines) is 1. The monoisotopic (exact) mass is 114 g/mol. The van der Waals surface area contributed by atoms with Crippen molar-refractivity contribution < 1.29 is 4.74 Å². The number of hydrogen-bond acceptors (Lipinski definition) is 2. The highest BCUT2D eigenvalue weighted by Crippen LogP contribution is 2.12. The molecule has 1 unspecified atom stereocenters. The second kappa shape index (κ2) is 2.46. The van der Waals surface area contributed by atoms with Gasteiger partial charge in [-0.05, 0) is 19.9 Å². The van der Waals surface area contributed by atoms with E-state index in [1.807, 2.05) is 0 Å². The van der Waals surface area contributed by atoms with E-state index in [4.69, 9.17) is 4.74 Å². The zero-order valence-electron chi connectivity index (χ0n) is 5.42. The second-order valence-electron chi connectivity index (χ2n) is 2.15. The summed E-state index contributed by atoms with van der Waals surface area (Å²) in [5.74, 6) is 0. The van der Waals surface area contributed by atoms with E-state index in [2.05, 4.69) is 18.4 Å². The van der Waals surface area contributed by atoms with Crippen molar-refractivity contribution in [1.29, 1.82) is 0 Å². The highest BCUT2D eigenvalue weighted by Gasteiger charge is 2.19. The van der Waals surface area contributed by atoms with Gasteiger partial charge in [-0.15, -0.1) is 0 Å². The summed E-state index contributed by atoms with van der Waals surface area (Å²) < 4.78 is 5.12. The third-order valence-corrected chi connectivity index (χ3v) is 1.55. The summed E-state index contributed by atoms with van der Waals surface area (Å²) in [6, 6.07) is 0. The molecule has 0 aromatic carbocycles. The summed E-state index contributed by atoms with van der Waals surface area (Å²) in [5, 5.41) is 0. The van der Waals surface area contributed by atoms with Crippen LogP contribution < -0.4 is 0 Å². The zero-order chi connectivity index (χ0) is 5.98. The molecule has 0 aliphatic carbocycles. The molecule has 1 saturated heterocycles. The van der Waals surface area contributed by atoms with Gasteiger partial charge >= 0.3 is 0 Å². The van der Waals surface area contributed by atoms with Gasteiger partial charge in [0.15, 0.2) is 0 Å². The van der Waals surface area contributed by atoms with Crippen LogP contribution in [0.2, 0.25) is 0 Å². The van der Waals surface area contributed by atoms with Crippen molar-refractivity contribution in [2.75, 3.05) is 20.7 Å². The predicted molar refractivity (Wildman–Crippen MR) is 32.3 cm³/mol. The molecule has 1 atom stereocenters. The van der Waals surface area contributed by atoms with E-state index >= 15 is 0 Å². The number of rotatable bonds is 1. The number of ether oxygens (including phenoxy) is 1. The SMILES string of the molecule is COC1C[CH]CN1C. The first-order valence-corrected chi connectivity index (χ1v) is 2.89. The third kappa shape index (κ3) is 1.01. The van der Waals surface area contributed by atoms with Gasteiger partial charge < -0.3 is 4.74 Å². The Morgan fingerprint density at radius 1 is 1.75 bits per heavy atom. The predicted octanol–water partition coefficient (Wildman–Crippen LogP) is 0.499. The van der Waals surface area contributed by atoms with Crippen molar-refractivity contribution in [1.82, 2.24) is 4.90 Å². The average molecular weight is 114 g/mol. The van der Waals surface area contributed by atoms with Gasteiger partial charge in [0.1, 0.15) is 6.23 Å². The minimum Gasteiger partial charge on any atom is -0.366 e. The first-order valence-electron chi connectivity index (χ1n) is 2.89. The Morgan fingerprint density at radius 3 is 2.75 bits per heavy atom. The first-order chi connectivity index (χ1) is 3.84. The number of hydrogen-bond donors (Lipinski definition) is 0. The molecule has 8 heavy (non-hydrogen) atoms. The molecule has 0 N–H and O–H groups in total. The van der Waals surface area contributed by atoms with Crippen molar-refractivity contribution in [3.8, 4) is 0 Å². The standard InChI is InChI=1S/C6H12NO/c1-7-5-3-4-6(7)8-2/h3,6H,4-5H2,1-2H3. The van der Waals surface area contributed by atoms with Crippen molar-refractivity contribution in [2.24, 2.45) is 0 Å². The molecule has 1 heterocycles. The Balaban J connectivity index is 2.30. The molecular weight excluding hydrogens is 102 g/mol. The van der Waals surface area contributed by atoms with E-state index in [-0.39, 0.29) is 0 Å². The molecule has 0 bridgehead atoms. The Bertz CT molecular complexity index is 74.9. The van der Waals surface area contributed by atoms with Gasteiger partial charge in [-0.1, -0.05) is 0 Å². The molecule has 0 aromatic rings. The molecule has 2 heteroatoms. The normalized spacial score (nSPS) is 31.5. The van der Waals surface area contributed by atoms with Gasteiger partial charge in [-0.3, -0.25) is 4.90 Å². The maximum atomic E-state index is 5.12. The van der Waals surface area contributed by atoms with Gasteiger partial charge in [0.2, 0.25) is 0 Å². The van der Waals surface area contributed by atoms with Crippen LogP contribution in [-0.4, -0.2) is 31.8 Å². The Hall–Kier alpha value is -0.0800. The Kier molecular flexibility index (Phi) is 1.86. The molecule has 1 aliphatic heterocycles. The van der Waals surface area contributed by atoms with Crippen molar-refractivity contribution in [2.45, 2.75) is 12.6 Å². The lowest BCUT2D eigenvalue weighted by atomic mass is 10.4. The third-order valence-electron chi connectivity index (χ3n) is 1.55. The smallest absolute Gasteiger partial charge is 0.110 e. The minimum atomic E-state index is 0.343. The summed E-state index contributed by atoms with van der Waals surface area (Å²) in [6.07, 6.45) is 3.65. The lowest BCUT2D eigenvalue weighted by Crippen LogP contribution is -2.25. The highest BCUT2D eigenvalue weighted by atomic mass is 16.5. The van der Waals surface area contributed by atoms with Crippen LogP contribution in [0.3, 0.4) is 0 Å². The van der Waals surface area contributed by atoms with Crippen LogP contribution in [0.4, 0.5) is 0 Å². The summed E-state index contributed by atoms with van der Waals surface area (Å²) in [7, 11) is 3.82. The fraction of sp³-hybridized carbons (Fsp3) is 0.833. The van der Waals surface area contributed by atoms with Crippen LogP contribution in [0.25, 0.3) is 0 Å². The van der Waals surface area contributed by atoms with Crippen molar-refractivity contribution in [3.63, 3.8) is 0 Å². The molecule has 0 spiro atoms. The van der Waals surface area contributed by atoms with Crippen molar-refractivity contribution >= 4 is 0 Å². The average Bonchev–Trinajstić information content (AvgIpc) is 2.14. The van der Waals surface area contributed by atoms with E-state index in [0.717, 1.165) is 13.0 Å². The summed E-state index contributed by atoms with van der Waals surface area (Å²) in [6.45, 7) is 1.07. The van der Waals surface area contributed by atoms with Gasteiger partial charge in [-0.25, -0.2) is 0 Å². The van der Waals surface area contributed by atoms with Gasteiger partial charge in [0, 0.05) is 13.7 Å². The maximum Gasteiger partial charge on any atom is 0.110 e. The first kappa shape index (κ1) is 6.05. The van der Waals surface area contributed by atoms with Crippen LogP contribution >= 0.6 is 0 Å². The molecule has 0 amide bonds. The maximum absolute atomic E-state index is 5.12. The van der Waals surface area contributed by atoms with Crippen molar-refractivity contribution in [3.05, 3.63) is 6.42 Å². The summed E-state index contributed by atoms with van der Waals surface area (Å²) in [4.78, 5) is 2.18. The quantitative estimate of drug-likeness (QED) is 0.492. The molecule has 1 fully saturated rings. The van der Waals surface area contributed by atoms with E-state index in [1.54, 1.807) is 7.11 Å². The molecule has 0 aromatic heterocycles. The van der Waals surface area contributed by atoms with Crippen LogP contribution in [0, 0.1) is 6.42 Å². The summed E-state index contributed by atoms with van der Waals surface area (Å²) in [5.41, 5.74) is 0. The van der Waals surface area contributed by atoms with Crippen LogP contribution in [0.5, 0.6) is 0 Å². The number of methoxy groups -OCH3 is 1. The summed E-state index contributed by atoms with van der Waals surface area (Å²) >= 11 is 0. The fourth-order valence-electron chi connectivity index (χ4n) is 0.994. The molecule has 1 radical (unpaired) electrons. The van der Waals surface area contributed by atoms with Gasteiger partial charge in [0.05, 0.1) is 0 Å². The number of nitrogens with zero attached hydrogens (tertiary/aromatic N) is 1. The molecular formula is C6H12NO. The largest absolute Gasteiger partial charge is 0.366 e. The van der Waals surface area contributed by atoms with E-state index in [9.17, 15) is 0 Å². The van der Waals surface area contributed by atoms with Crippen LogP contribution in [0.1, 0.15) is 6.42 Å². The molecule has 2 nitrogen and oxygen atoms in total. The van der Waals surface area contributed by atoms with Gasteiger partial charge in [0.25, 0.3) is 0 Å². The van der Waals surface area contributed by atoms with Gasteiger partial charge in [-0.2, -0.15) is 0 Å². The zero-order valence-corrected chi connectivity index (χ0v) is 5.42. The lowest BCUT2D eigenvalue weighted by molar-refractivity contribution is 0.0111. The van der Waals surface area contributed by atoms with Crippen LogP contribution in [-0.2, 0) is 4.74 Å². The lowest BCUT2D eigenvalue weighted by Gasteiger charge is -2.16. The molecule has 1 rings (SSSR count). The van der Waals surface area contributed by atoms with E-state index in [1.165, 1.54) is 0 Å². The molecule has 0 saturated carbocycles. The van der Waals surface area contributed by atoms with E-state index < -0.39 is 0 Å². The van der Waals surface area contributed by atoms with Crippen LogP contribution in [0.15, 0.2) is 0 Å². The topological polar surface area (TPSA) is 12.5 Å². The second-order valence-corrected chi connectivity index (χ2v) is 2.15. The minimum absolute atomic E-state index is 0.343. The van der Waals surface area contributed by atoms with E-state index in [0.29, 0.717) is 6.23 Å². The fourth-order valence-corrected chi connectivity index (χ4v) is 0.994. The molecule has 47 valence electrons. The highest BCUT2D eigenvalue weighted by molar-refractivity contribution is 4.82. The Morgan fingerprint density at radius 2 is 2.50 bits per heavy atom. The Labute approximate surface area is 50.4 Å². The molecule has 1 aliphatic rings.